The summed E-state index contributed by atoms with van der Waals surface area (Å²) in [6, 6.07) is 5.74. The third-order valence-electron chi connectivity index (χ3n) is 3.62. The fraction of sp³-hybridized carbons (Fsp3) is 0.353. The maximum atomic E-state index is 12.3. The van der Waals surface area contributed by atoms with E-state index in [0.29, 0.717) is 22.1 Å². The molecule has 6 nitrogen and oxygen atoms in total. The Hall–Kier alpha value is -2.41. The summed E-state index contributed by atoms with van der Waals surface area (Å²) in [7, 11) is 0. The molecule has 1 amide bonds. The number of hydrogen-bond donors (Lipinski definition) is 2. The summed E-state index contributed by atoms with van der Waals surface area (Å²) in [5, 5.41) is 3.13. The van der Waals surface area contributed by atoms with Crippen LogP contribution in [-0.2, 0) is 16.0 Å². The summed E-state index contributed by atoms with van der Waals surface area (Å²) >= 11 is 1.07. The highest BCUT2D eigenvalue weighted by Gasteiger charge is 2.23. The summed E-state index contributed by atoms with van der Waals surface area (Å²) < 4.78 is 5.27. The molecule has 0 spiro atoms. The third kappa shape index (κ3) is 3.91. The molecular formula is C17H21N3O3S. The quantitative estimate of drug-likeness (QED) is 0.811. The van der Waals surface area contributed by atoms with Crippen molar-refractivity contribution in [1.29, 1.82) is 0 Å². The minimum absolute atomic E-state index is 0.312. The van der Waals surface area contributed by atoms with Crippen LogP contribution in [0.3, 0.4) is 0 Å². The molecule has 24 heavy (non-hydrogen) atoms. The van der Waals surface area contributed by atoms with Gasteiger partial charge < -0.3 is 15.8 Å². The van der Waals surface area contributed by atoms with Crippen LogP contribution in [0, 0.1) is 13.8 Å². The van der Waals surface area contributed by atoms with Crippen molar-refractivity contribution in [2.75, 3.05) is 11.1 Å². The molecule has 0 aliphatic heterocycles. The highest BCUT2D eigenvalue weighted by Crippen LogP contribution is 2.23. The number of thiazole rings is 1. The molecule has 0 aliphatic carbocycles. The maximum absolute atomic E-state index is 12.3. The number of nitrogens with zero attached hydrogens (tertiary/aromatic N) is 1. The number of ether oxygens (including phenoxy) is 1. The maximum Gasteiger partial charge on any atom is 0.351 e. The normalized spacial score (nSPS) is 11.8. The number of aryl methyl sites for hydroxylation is 3. The van der Waals surface area contributed by atoms with Gasteiger partial charge in [-0.05, 0) is 38.3 Å². The Labute approximate surface area is 145 Å². The van der Waals surface area contributed by atoms with E-state index >= 15 is 0 Å². The van der Waals surface area contributed by atoms with Crippen LogP contribution in [0.5, 0.6) is 0 Å². The van der Waals surface area contributed by atoms with E-state index in [1.165, 1.54) is 6.92 Å². The van der Waals surface area contributed by atoms with Gasteiger partial charge in [-0.25, -0.2) is 9.78 Å². The zero-order valence-electron chi connectivity index (χ0n) is 14.2. The minimum Gasteiger partial charge on any atom is -0.448 e. The molecule has 0 saturated carbocycles. The number of aromatic nitrogens is 1. The Morgan fingerprint density at radius 2 is 1.96 bits per heavy atom. The Balaban J connectivity index is 2.07. The summed E-state index contributed by atoms with van der Waals surface area (Å²) in [6.45, 7) is 7.24. The number of esters is 1. The summed E-state index contributed by atoms with van der Waals surface area (Å²) in [5.74, 6) is -0.957. The highest BCUT2D eigenvalue weighted by atomic mass is 32.1. The first-order valence-corrected chi connectivity index (χ1v) is 8.48. The van der Waals surface area contributed by atoms with Crippen LogP contribution in [0.2, 0.25) is 0 Å². The van der Waals surface area contributed by atoms with E-state index < -0.39 is 12.1 Å². The molecule has 1 atom stereocenters. The lowest BCUT2D eigenvalue weighted by atomic mass is 10.1. The molecule has 2 rings (SSSR count). The number of carbonyl (C=O) groups excluding carboxylic acids is 2. The predicted octanol–water partition coefficient (Wildman–Crippen LogP) is 3.09. The van der Waals surface area contributed by atoms with Crippen LogP contribution in [-0.4, -0.2) is 23.0 Å². The van der Waals surface area contributed by atoms with Crippen LogP contribution in [0.4, 0.5) is 10.8 Å². The Bertz CT molecular complexity index is 750. The highest BCUT2D eigenvalue weighted by molar-refractivity contribution is 7.17. The fourth-order valence-electron chi connectivity index (χ4n) is 2.27. The van der Waals surface area contributed by atoms with Crippen molar-refractivity contribution >= 4 is 34.0 Å². The average Bonchev–Trinajstić information content (AvgIpc) is 2.92. The number of para-hydroxylation sites is 1. The second-order valence-electron chi connectivity index (χ2n) is 5.49. The molecule has 0 bridgehead atoms. The molecule has 0 radical (unpaired) electrons. The van der Waals surface area contributed by atoms with Gasteiger partial charge in [0.25, 0.3) is 5.91 Å². The van der Waals surface area contributed by atoms with E-state index in [2.05, 4.69) is 10.3 Å². The van der Waals surface area contributed by atoms with Crippen molar-refractivity contribution < 1.29 is 14.3 Å². The molecule has 7 heteroatoms. The van der Waals surface area contributed by atoms with Crippen molar-refractivity contribution in [1.82, 2.24) is 4.98 Å². The monoisotopic (exact) mass is 347 g/mol. The summed E-state index contributed by atoms with van der Waals surface area (Å²) in [5.41, 5.74) is 8.86. The van der Waals surface area contributed by atoms with Crippen LogP contribution in [0.25, 0.3) is 0 Å². The van der Waals surface area contributed by atoms with E-state index in [0.717, 1.165) is 28.2 Å². The lowest BCUT2D eigenvalue weighted by molar-refractivity contribution is -0.123. The molecular weight excluding hydrogens is 326 g/mol. The fourth-order valence-corrected chi connectivity index (χ4v) is 3.08. The van der Waals surface area contributed by atoms with Gasteiger partial charge in [-0.15, -0.1) is 0 Å². The lowest BCUT2D eigenvalue weighted by Gasteiger charge is -2.16. The molecule has 0 saturated heterocycles. The topological polar surface area (TPSA) is 94.3 Å². The van der Waals surface area contributed by atoms with Gasteiger partial charge in [0, 0.05) is 5.69 Å². The largest absolute Gasteiger partial charge is 0.448 e. The van der Waals surface area contributed by atoms with E-state index in [4.69, 9.17) is 10.5 Å². The number of carbonyl (C=O) groups is 2. The van der Waals surface area contributed by atoms with E-state index in [1.807, 2.05) is 39.0 Å². The van der Waals surface area contributed by atoms with Crippen molar-refractivity contribution in [3.63, 3.8) is 0 Å². The Morgan fingerprint density at radius 3 is 2.54 bits per heavy atom. The predicted molar refractivity (Wildman–Crippen MR) is 95.3 cm³/mol. The molecule has 2 aromatic rings. The van der Waals surface area contributed by atoms with Gasteiger partial charge in [-0.3, -0.25) is 4.79 Å². The van der Waals surface area contributed by atoms with E-state index in [9.17, 15) is 9.59 Å². The zero-order chi connectivity index (χ0) is 17.9. The molecule has 0 fully saturated rings. The van der Waals surface area contributed by atoms with Crippen LogP contribution in [0.1, 0.15) is 40.3 Å². The summed E-state index contributed by atoms with van der Waals surface area (Å²) in [4.78, 5) is 29.0. The van der Waals surface area contributed by atoms with Crippen LogP contribution in [0.15, 0.2) is 18.2 Å². The zero-order valence-corrected chi connectivity index (χ0v) is 15.0. The molecule has 1 aromatic heterocycles. The molecule has 128 valence electrons. The number of amides is 1. The van der Waals surface area contributed by atoms with Crippen molar-refractivity contribution in [2.24, 2.45) is 0 Å². The van der Waals surface area contributed by atoms with Crippen molar-refractivity contribution in [3.8, 4) is 0 Å². The number of anilines is 2. The standard InChI is InChI=1S/C17H21N3O3S/c1-5-12-14(24-17(18)19-12)16(22)23-11(4)15(21)20-13-9(2)7-6-8-10(13)3/h6-8,11H,5H2,1-4H3,(H2,18,19)(H,20,21). The van der Waals surface area contributed by atoms with Gasteiger partial charge in [0.05, 0.1) is 5.69 Å². The first-order chi connectivity index (χ1) is 11.3. The van der Waals surface area contributed by atoms with Gasteiger partial charge in [-0.1, -0.05) is 36.5 Å². The lowest BCUT2D eigenvalue weighted by Crippen LogP contribution is -2.30. The van der Waals surface area contributed by atoms with Crippen molar-refractivity contribution in [2.45, 2.75) is 40.2 Å². The number of benzene rings is 1. The number of nitrogen functional groups attached to an aromatic ring is 1. The van der Waals surface area contributed by atoms with E-state index in [-0.39, 0.29) is 5.91 Å². The number of hydrogen-bond acceptors (Lipinski definition) is 6. The SMILES string of the molecule is CCc1nc(N)sc1C(=O)OC(C)C(=O)Nc1c(C)cccc1C. The van der Waals surface area contributed by atoms with Gasteiger partial charge in [0.15, 0.2) is 11.2 Å². The number of nitrogens with two attached hydrogens (primary N) is 1. The van der Waals surface area contributed by atoms with Crippen LogP contribution >= 0.6 is 11.3 Å². The molecule has 1 unspecified atom stereocenters. The first-order valence-electron chi connectivity index (χ1n) is 7.66. The minimum atomic E-state index is -0.926. The summed E-state index contributed by atoms with van der Waals surface area (Å²) in [6.07, 6.45) is -0.356. The molecule has 1 aromatic carbocycles. The molecule has 1 heterocycles. The second kappa shape index (κ2) is 7.44. The van der Waals surface area contributed by atoms with Gasteiger partial charge >= 0.3 is 5.97 Å². The Morgan fingerprint density at radius 1 is 1.33 bits per heavy atom. The first kappa shape index (κ1) is 17.9. The van der Waals surface area contributed by atoms with Crippen molar-refractivity contribution in [3.05, 3.63) is 39.9 Å². The third-order valence-corrected chi connectivity index (χ3v) is 4.52. The molecule has 3 N–H and O–H groups in total. The number of nitrogens with one attached hydrogen (secondary N) is 1. The second-order valence-corrected chi connectivity index (χ2v) is 6.52. The van der Waals surface area contributed by atoms with Gasteiger partial charge in [-0.2, -0.15) is 0 Å². The van der Waals surface area contributed by atoms with Crippen LogP contribution < -0.4 is 11.1 Å². The number of rotatable bonds is 5. The van der Waals surface area contributed by atoms with Gasteiger partial charge in [0.1, 0.15) is 4.88 Å². The molecule has 0 aliphatic rings. The smallest absolute Gasteiger partial charge is 0.351 e. The van der Waals surface area contributed by atoms with Gasteiger partial charge in [0.2, 0.25) is 0 Å². The Kier molecular flexibility index (Phi) is 5.56. The van der Waals surface area contributed by atoms with E-state index in [1.54, 1.807) is 0 Å². The average molecular weight is 347 g/mol.